The summed E-state index contributed by atoms with van der Waals surface area (Å²) >= 11 is 0. The molecule has 0 amide bonds. The van der Waals surface area contributed by atoms with Crippen molar-refractivity contribution in [3.8, 4) is 78.6 Å². The van der Waals surface area contributed by atoms with Crippen LogP contribution < -0.4 is 0 Å². The molecule has 0 aliphatic rings. The standard InChI is InChI=1S/C58H53N3O/c1-37-29-38(2)55(62)49(30-37)56-60-54-46(43-31-44(33-45(32-43)57(3,4)5)51-34-42(27-28-59-51)39-19-12-9-13-20-39)25-18-26-52(54)61(56)53-36-47(40-21-14-10-15-22-40)50(58(6,7)8)35-48(53)41-23-16-11-17-24-41/h9-36,62H,1-8H3/i9D,12D,13D,19D,20D,27D,28D,34D. The highest BCUT2D eigenvalue weighted by Crippen LogP contribution is 2.45. The van der Waals surface area contributed by atoms with Gasteiger partial charge in [0, 0.05) is 22.9 Å². The first-order valence-corrected chi connectivity index (χ1v) is 20.9. The SMILES string of the molecule is [2H]c1nc(-c2cc(-c3cccc4c3nc(-c3cc(C)cc(C)c3O)n4-c3cc(-c4ccccc4)c(C(C)(C)C)cc3-c3ccccc3)cc(C(C)(C)C)c2)c([2H])c(-c2c([2H])c([2H])c([2H])c([2H])c2[2H])c1[2H]. The van der Waals surface area contributed by atoms with E-state index in [-0.39, 0.29) is 34.0 Å². The average molecular weight is 816 g/mol. The fourth-order valence-electron chi connectivity index (χ4n) is 8.29. The Labute approximate surface area is 377 Å². The van der Waals surface area contributed by atoms with Crippen LogP contribution in [0.15, 0.2) is 170 Å². The predicted molar refractivity (Wildman–Crippen MR) is 260 cm³/mol. The van der Waals surface area contributed by atoms with E-state index in [1.165, 1.54) is 5.56 Å². The largest absolute Gasteiger partial charge is 0.507 e. The molecule has 7 aromatic carbocycles. The van der Waals surface area contributed by atoms with Gasteiger partial charge in [0.15, 0.2) is 0 Å². The minimum Gasteiger partial charge on any atom is -0.507 e. The molecule has 0 aliphatic heterocycles. The minimum absolute atomic E-state index is 0.0218. The van der Waals surface area contributed by atoms with Crippen LogP contribution in [-0.2, 0) is 10.8 Å². The second-order valence-corrected chi connectivity index (χ2v) is 18.1. The van der Waals surface area contributed by atoms with E-state index in [4.69, 9.17) is 14.6 Å². The van der Waals surface area contributed by atoms with Crippen molar-refractivity contribution in [3.63, 3.8) is 0 Å². The maximum atomic E-state index is 12.0. The molecule has 1 N–H and O–H groups in total. The fourth-order valence-corrected chi connectivity index (χ4v) is 8.29. The molecule has 2 aromatic heterocycles. The number of imidazole rings is 1. The third-order valence-corrected chi connectivity index (χ3v) is 11.5. The normalized spacial score (nSPS) is 13.7. The van der Waals surface area contributed by atoms with E-state index in [2.05, 4.69) is 93.6 Å². The number of para-hydroxylation sites is 1. The summed E-state index contributed by atoms with van der Waals surface area (Å²) in [6, 6.07) is 37.2. The first-order chi connectivity index (χ1) is 33.1. The second kappa shape index (κ2) is 15.8. The molecule has 306 valence electrons. The van der Waals surface area contributed by atoms with E-state index in [1.807, 2.05) is 92.7 Å². The highest BCUT2D eigenvalue weighted by Gasteiger charge is 2.27. The van der Waals surface area contributed by atoms with Crippen LogP contribution in [0.2, 0.25) is 0 Å². The zero-order valence-corrected chi connectivity index (χ0v) is 36.3. The molecule has 2 heterocycles. The average Bonchev–Trinajstić information content (AvgIpc) is 3.72. The van der Waals surface area contributed by atoms with Crippen LogP contribution >= 0.6 is 0 Å². The van der Waals surface area contributed by atoms with E-state index in [9.17, 15) is 6.48 Å². The summed E-state index contributed by atoms with van der Waals surface area (Å²) in [4.78, 5) is 10.0. The van der Waals surface area contributed by atoms with Gasteiger partial charge in [0.2, 0.25) is 0 Å². The van der Waals surface area contributed by atoms with Gasteiger partial charge in [-0.15, -0.1) is 0 Å². The van der Waals surface area contributed by atoms with E-state index >= 15 is 0 Å². The van der Waals surface area contributed by atoms with Crippen LogP contribution in [0.5, 0.6) is 5.75 Å². The number of hydrogen-bond donors (Lipinski definition) is 1. The molecule has 4 nitrogen and oxygen atoms in total. The Morgan fingerprint density at radius 1 is 0.565 bits per heavy atom. The molecule has 0 atom stereocenters. The summed E-state index contributed by atoms with van der Waals surface area (Å²) in [7, 11) is 0. The molecule has 0 aliphatic carbocycles. The van der Waals surface area contributed by atoms with Crippen molar-refractivity contribution in [2.75, 3.05) is 0 Å². The number of phenols is 1. The molecule has 0 fully saturated rings. The van der Waals surface area contributed by atoms with Gasteiger partial charge in [0.25, 0.3) is 0 Å². The van der Waals surface area contributed by atoms with Crippen molar-refractivity contribution in [3.05, 3.63) is 192 Å². The number of phenolic OH excluding ortho intramolecular Hbond substituents is 1. The number of fused-ring (bicyclic) bond motifs is 1. The second-order valence-electron chi connectivity index (χ2n) is 18.1. The predicted octanol–water partition coefficient (Wildman–Crippen LogP) is 15.3. The molecule has 62 heavy (non-hydrogen) atoms. The summed E-state index contributed by atoms with van der Waals surface area (Å²) in [6.45, 7) is 16.8. The van der Waals surface area contributed by atoms with Crippen molar-refractivity contribution in [1.82, 2.24) is 14.5 Å². The molecule has 4 heteroatoms. The van der Waals surface area contributed by atoms with Gasteiger partial charge in [-0.25, -0.2) is 4.98 Å². The van der Waals surface area contributed by atoms with Gasteiger partial charge in [0.05, 0.1) is 38.9 Å². The number of pyridine rings is 1. The smallest absolute Gasteiger partial charge is 0.149 e. The quantitative estimate of drug-likeness (QED) is 0.174. The first kappa shape index (κ1) is 31.8. The van der Waals surface area contributed by atoms with Crippen LogP contribution in [0.3, 0.4) is 0 Å². The number of aromatic hydroxyl groups is 1. The zero-order valence-electron chi connectivity index (χ0n) is 44.3. The van der Waals surface area contributed by atoms with Crippen LogP contribution in [0.1, 0.15) is 74.8 Å². The Morgan fingerprint density at radius 2 is 1.24 bits per heavy atom. The lowest BCUT2D eigenvalue weighted by molar-refractivity contribution is 0.472. The molecular formula is C58H53N3O. The zero-order chi connectivity index (χ0) is 50.3. The van der Waals surface area contributed by atoms with E-state index in [1.54, 1.807) is 0 Å². The van der Waals surface area contributed by atoms with Crippen LogP contribution in [-0.4, -0.2) is 19.6 Å². The number of nitrogens with zero attached hydrogens (tertiary/aromatic N) is 3. The summed E-state index contributed by atoms with van der Waals surface area (Å²) in [5, 5.41) is 12.0. The Bertz CT molecular complexity index is 3540. The number of hydrogen-bond acceptors (Lipinski definition) is 3. The summed E-state index contributed by atoms with van der Waals surface area (Å²) in [6.07, 6.45) is -0.504. The van der Waals surface area contributed by atoms with E-state index in [0.29, 0.717) is 28.0 Å². The number of benzene rings is 7. The van der Waals surface area contributed by atoms with Gasteiger partial charge in [-0.05, 0) is 129 Å². The molecule has 0 saturated heterocycles. The summed E-state index contributed by atoms with van der Waals surface area (Å²) < 4.78 is 71.8. The van der Waals surface area contributed by atoms with Crippen molar-refractivity contribution in [1.29, 1.82) is 0 Å². The Kier molecular flexibility index (Phi) is 8.08. The molecule has 9 aromatic rings. The topological polar surface area (TPSA) is 50.9 Å². The lowest BCUT2D eigenvalue weighted by atomic mass is 9.79. The molecular weight excluding hydrogens is 755 g/mol. The maximum absolute atomic E-state index is 12.0. The number of aryl methyl sites for hydroxylation is 2. The third kappa shape index (κ3) is 7.62. The van der Waals surface area contributed by atoms with E-state index in [0.717, 1.165) is 55.7 Å². The molecule has 0 bridgehead atoms. The highest BCUT2D eigenvalue weighted by molar-refractivity contribution is 5.98. The maximum Gasteiger partial charge on any atom is 0.149 e. The van der Waals surface area contributed by atoms with Gasteiger partial charge >= 0.3 is 0 Å². The first-order valence-electron chi connectivity index (χ1n) is 24.9. The van der Waals surface area contributed by atoms with E-state index < -0.39 is 47.8 Å². The van der Waals surface area contributed by atoms with Crippen molar-refractivity contribution in [2.24, 2.45) is 0 Å². The van der Waals surface area contributed by atoms with Crippen molar-refractivity contribution < 1.29 is 16.1 Å². The van der Waals surface area contributed by atoms with Gasteiger partial charge < -0.3 is 5.11 Å². The van der Waals surface area contributed by atoms with Crippen LogP contribution in [0.4, 0.5) is 0 Å². The van der Waals surface area contributed by atoms with Crippen molar-refractivity contribution >= 4 is 11.0 Å². The van der Waals surface area contributed by atoms with Crippen LogP contribution in [0.25, 0.3) is 83.9 Å². The fraction of sp³-hybridized carbons (Fsp3) is 0.172. The lowest BCUT2D eigenvalue weighted by Crippen LogP contribution is -2.14. The highest BCUT2D eigenvalue weighted by atomic mass is 16.3. The molecule has 0 unspecified atom stereocenters. The minimum atomic E-state index is -0.602. The summed E-state index contributed by atoms with van der Waals surface area (Å²) in [5.41, 5.74) is 11.3. The monoisotopic (exact) mass is 815 g/mol. The van der Waals surface area contributed by atoms with Crippen LogP contribution in [0, 0.1) is 13.8 Å². The lowest BCUT2D eigenvalue weighted by Gasteiger charge is -2.27. The van der Waals surface area contributed by atoms with Crippen molar-refractivity contribution in [2.45, 2.75) is 66.2 Å². The number of rotatable bonds is 7. The van der Waals surface area contributed by atoms with Gasteiger partial charge in [-0.2, -0.15) is 0 Å². The molecule has 0 radical (unpaired) electrons. The van der Waals surface area contributed by atoms with Gasteiger partial charge in [-0.1, -0.05) is 157 Å². The molecule has 0 spiro atoms. The number of aromatic nitrogens is 3. The Morgan fingerprint density at radius 3 is 1.92 bits per heavy atom. The van der Waals surface area contributed by atoms with Gasteiger partial charge in [-0.3, -0.25) is 9.55 Å². The Hall–Kier alpha value is -7.04. The molecule has 0 saturated carbocycles. The summed E-state index contributed by atoms with van der Waals surface area (Å²) in [5.74, 6) is 0.645. The molecule has 9 rings (SSSR count). The van der Waals surface area contributed by atoms with Gasteiger partial charge in [0.1, 0.15) is 11.6 Å². The third-order valence-electron chi connectivity index (χ3n) is 11.5. The Balaban J connectivity index is 1.39.